The highest BCUT2D eigenvalue weighted by molar-refractivity contribution is 6.31. The minimum Gasteiger partial charge on any atom is -0.371 e. The summed E-state index contributed by atoms with van der Waals surface area (Å²) in [6, 6.07) is 14.1. The van der Waals surface area contributed by atoms with Gasteiger partial charge in [0.05, 0.1) is 0 Å². The monoisotopic (exact) mass is 340 g/mol. The molecule has 0 saturated heterocycles. The maximum atomic E-state index is 12.6. The molecular formula is C20H21ClN2O. The lowest BCUT2D eigenvalue weighted by Gasteiger charge is -2.17. The zero-order valence-corrected chi connectivity index (χ0v) is 14.5. The lowest BCUT2D eigenvalue weighted by Crippen LogP contribution is -2.19. The molecule has 2 atom stereocenters. The summed E-state index contributed by atoms with van der Waals surface area (Å²) in [5.41, 5.74) is 4.61. The first-order valence-corrected chi connectivity index (χ1v) is 8.98. The van der Waals surface area contributed by atoms with Gasteiger partial charge in [-0.25, -0.2) is 0 Å². The number of nitrogens with zero attached hydrogens (tertiary/aromatic N) is 1. The number of hydrogen-bond donors (Lipinski definition) is 1. The fraction of sp³-hybridized carbons (Fsp3) is 0.350. The van der Waals surface area contributed by atoms with Crippen molar-refractivity contribution in [1.82, 2.24) is 0 Å². The van der Waals surface area contributed by atoms with Gasteiger partial charge in [0.1, 0.15) is 0 Å². The van der Waals surface area contributed by atoms with Crippen LogP contribution in [-0.4, -0.2) is 19.0 Å². The van der Waals surface area contributed by atoms with Gasteiger partial charge in [0.15, 0.2) is 0 Å². The van der Waals surface area contributed by atoms with E-state index in [0.29, 0.717) is 0 Å². The van der Waals surface area contributed by atoms with Gasteiger partial charge in [-0.15, -0.1) is 0 Å². The molecular weight excluding hydrogens is 320 g/mol. The molecule has 1 N–H and O–H groups in total. The largest absolute Gasteiger partial charge is 0.371 e. The van der Waals surface area contributed by atoms with Crippen LogP contribution in [-0.2, 0) is 11.2 Å². The maximum absolute atomic E-state index is 12.6. The van der Waals surface area contributed by atoms with Gasteiger partial charge in [-0.3, -0.25) is 4.79 Å². The highest BCUT2D eigenvalue weighted by atomic mass is 35.5. The maximum Gasteiger partial charge on any atom is 0.228 e. The Morgan fingerprint density at radius 1 is 1.29 bits per heavy atom. The molecule has 1 saturated carbocycles. The normalized spacial score (nSPS) is 21.5. The predicted octanol–water partition coefficient (Wildman–Crippen LogP) is 4.46. The number of benzene rings is 2. The quantitative estimate of drug-likeness (QED) is 0.890. The number of carbonyl (C=O) groups excluding carboxylic acids is 1. The van der Waals surface area contributed by atoms with Crippen LogP contribution >= 0.6 is 11.6 Å². The number of nitrogens with one attached hydrogen (secondary N) is 1. The molecule has 1 heterocycles. The number of likely N-dealkylation sites (N-methyl/N-ethyl adjacent to an activating group) is 1. The molecule has 0 radical (unpaired) electrons. The van der Waals surface area contributed by atoms with Crippen LogP contribution in [0.25, 0.3) is 0 Å². The summed E-state index contributed by atoms with van der Waals surface area (Å²) in [7, 11) is 0. The second-order valence-corrected chi connectivity index (χ2v) is 7.04. The number of amides is 1. The van der Waals surface area contributed by atoms with Crippen molar-refractivity contribution in [3.63, 3.8) is 0 Å². The first kappa shape index (κ1) is 15.5. The summed E-state index contributed by atoms with van der Waals surface area (Å²) < 4.78 is 0. The van der Waals surface area contributed by atoms with E-state index in [1.165, 1.54) is 11.3 Å². The molecule has 2 unspecified atom stereocenters. The van der Waals surface area contributed by atoms with Crippen LogP contribution in [0.4, 0.5) is 11.4 Å². The lowest BCUT2D eigenvalue weighted by molar-refractivity contribution is -0.117. The average molecular weight is 341 g/mol. The fourth-order valence-corrected chi connectivity index (χ4v) is 3.97. The van der Waals surface area contributed by atoms with Gasteiger partial charge in [0, 0.05) is 35.4 Å². The molecule has 0 bridgehead atoms. The Hall–Kier alpha value is -2.00. The van der Waals surface area contributed by atoms with Crippen LogP contribution in [0, 0.1) is 5.92 Å². The summed E-state index contributed by atoms with van der Waals surface area (Å²) in [5, 5.41) is 3.85. The number of anilines is 2. The third-order valence-electron chi connectivity index (χ3n) is 5.16. The Labute approximate surface area is 147 Å². The summed E-state index contributed by atoms with van der Waals surface area (Å²) in [6.45, 7) is 4.24. The zero-order chi connectivity index (χ0) is 16.7. The van der Waals surface area contributed by atoms with Crippen LogP contribution < -0.4 is 10.2 Å². The Morgan fingerprint density at radius 3 is 2.92 bits per heavy atom. The standard InChI is InChI=1S/C20H21ClN2O/c1-2-23-10-9-13-7-8-14(11-19(13)23)22-20(24)17-12-16(17)15-5-3-4-6-18(15)21/h3-8,11,16-17H,2,9-10,12H2,1H3,(H,22,24). The van der Waals surface area contributed by atoms with Gasteiger partial charge >= 0.3 is 0 Å². The minimum atomic E-state index is 0.0282. The van der Waals surface area contributed by atoms with Gasteiger partial charge < -0.3 is 10.2 Å². The van der Waals surface area contributed by atoms with E-state index in [1.807, 2.05) is 30.3 Å². The second kappa shape index (κ2) is 6.14. The van der Waals surface area contributed by atoms with E-state index in [2.05, 4.69) is 29.3 Å². The van der Waals surface area contributed by atoms with Crippen molar-refractivity contribution < 1.29 is 4.79 Å². The van der Waals surface area contributed by atoms with Gasteiger partial charge in [-0.1, -0.05) is 35.9 Å². The molecule has 0 spiro atoms. The fourth-order valence-electron chi connectivity index (χ4n) is 3.69. The Balaban J connectivity index is 1.46. The van der Waals surface area contributed by atoms with Crippen molar-refractivity contribution in [3.8, 4) is 0 Å². The number of halogens is 1. The number of carbonyl (C=O) groups is 1. The number of hydrogen-bond acceptors (Lipinski definition) is 2. The minimum absolute atomic E-state index is 0.0282. The molecule has 1 amide bonds. The summed E-state index contributed by atoms with van der Waals surface area (Å²) in [4.78, 5) is 14.9. The van der Waals surface area contributed by atoms with Gasteiger partial charge in [0.25, 0.3) is 0 Å². The summed E-state index contributed by atoms with van der Waals surface area (Å²) >= 11 is 6.25. The van der Waals surface area contributed by atoms with Crippen LogP contribution in [0.2, 0.25) is 5.02 Å². The van der Waals surface area contributed by atoms with E-state index >= 15 is 0 Å². The molecule has 4 rings (SSSR count). The highest BCUT2D eigenvalue weighted by Gasteiger charge is 2.44. The molecule has 3 nitrogen and oxygen atoms in total. The Morgan fingerprint density at radius 2 is 2.12 bits per heavy atom. The molecule has 2 aromatic rings. The molecule has 1 fully saturated rings. The molecule has 1 aliphatic carbocycles. The second-order valence-electron chi connectivity index (χ2n) is 6.63. The molecule has 1 aliphatic heterocycles. The molecule has 2 aliphatic rings. The first-order valence-electron chi connectivity index (χ1n) is 8.60. The highest BCUT2D eigenvalue weighted by Crippen LogP contribution is 2.50. The lowest BCUT2D eigenvalue weighted by atomic mass is 10.1. The third-order valence-corrected chi connectivity index (χ3v) is 5.50. The van der Waals surface area contributed by atoms with Gasteiger partial charge in [-0.05, 0) is 55.0 Å². The van der Waals surface area contributed by atoms with Crippen molar-refractivity contribution in [2.24, 2.45) is 5.92 Å². The van der Waals surface area contributed by atoms with Gasteiger partial charge in [0.2, 0.25) is 5.91 Å². The third kappa shape index (κ3) is 2.78. The van der Waals surface area contributed by atoms with Crippen molar-refractivity contribution >= 4 is 28.9 Å². The predicted molar refractivity (Wildman–Crippen MR) is 99.0 cm³/mol. The molecule has 24 heavy (non-hydrogen) atoms. The van der Waals surface area contributed by atoms with Gasteiger partial charge in [-0.2, -0.15) is 0 Å². The van der Waals surface area contributed by atoms with E-state index in [4.69, 9.17) is 11.6 Å². The summed E-state index contributed by atoms with van der Waals surface area (Å²) in [5.74, 6) is 0.376. The van der Waals surface area contributed by atoms with E-state index in [1.54, 1.807) is 0 Å². The van der Waals surface area contributed by atoms with E-state index < -0.39 is 0 Å². The van der Waals surface area contributed by atoms with Crippen molar-refractivity contribution in [2.45, 2.75) is 25.7 Å². The smallest absolute Gasteiger partial charge is 0.228 e. The van der Waals surface area contributed by atoms with Crippen molar-refractivity contribution in [2.75, 3.05) is 23.3 Å². The van der Waals surface area contributed by atoms with Crippen LogP contribution in [0.15, 0.2) is 42.5 Å². The SMILES string of the molecule is CCN1CCc2ccc(NC(=O)C3CC3c3ccccc3Cl)cc21. The average Bonchev–Trinajstić information content (AvgIpc) is 3.28. The molecule has 2 aromatic carbocycles. The van der Waals surface area contributed by atoms with Crippen molar-refractivity contribution in [3.05, 3.63) is 58.6 Å². The van der Waals surface area contributed by atoms with Crippen LogP contribution in [0.5, 0.6) is 0 Å². The van der Waals surface area contributed by atoms with Crippen molar-refractivity contribution in [1.29, 1.82) is 0 Å². The first-order chi connectivity index (χ1) is 11.7. The van der Waals surface area contributed by atoms with Crippen LogP contribution in [0.1, 0.15) is 30.4 Å². The number of fused-ring (bicyclic) bond motifs is 1. The van der Waals surface area contributed by atoms with Crippen LogP contribution in [0.3, 0.4) is 0 Å². The summed E-state index contributed by atoms with van der Waals surface area (Å²) in [6.07, 6.45) is 1.97. The molecule has 0 aromatic heterocycles. The van der Waals surface area contributed by atoms with E-state index in [0.717, 1.165) is 42.2 Å². The van der Waals surface area contributed by atoms with E-state index in [-0.39, 0.29) is 17.7 Å². The topological polar surface area (TPSA) is 32.3 Å². The zero-order valence-electron chi connectivity index (χ0n) is 13.8. The molecule has 4 heteroatoms. The number of rotatable bonds is 4. The Kier molecular flexibility index (Phi) is 3.97. The van der Waals surface area contributed by atoms with E-state index in [9.17, 15) is 4.79 Å². The molecule has 124 valence electrons. The Bertz CT molecular complexity index is 789.